The number of hydrogen-bond acceptors (Lipinski definition) is 3. The predicted molar refractivity (Wildman–Crippen MR) is 79.3 cm³/mol. The zero-order chi connectivity index (χ0) is 14.1. The van der Waals surface area contributed by atoms with E-state index in [9.17, 15) is 4.79 Å². The second kappa shape index (κ2) is 4.86. The second-order valence-electron chi connectivity index (χ2n) is 4.33. The first-order valence-corrected chi connectivity index (χ1v) is 6.32. The number of benzene rings is 2. The molecule has 1 heterocycles. The first kappa shape index (κ1) is 12.5. The van der Waals surface area contributed by atoms with Crippen LogP contribution in [0.25, 0.3) is 10.9 Å². The van der Waals surface area contributed by atoms with Gasteiger partial charge in [0.25, 0.3) is 0 Å². The van der Waals surface area contributed by atoms with Crippen LogP contribution < -0.4 is 11.1 Å². The molecule has 0 unspecified atom stereocenters. The number of anilines is 2. The van der Waals surface area contributed by atoms with Gasteiger partial charge in [0.15, 0.2) is 5.82 Å². The minimum atomic E-state index is -0.471. The Bertz CT molecular complexity index is 797. The number of fused-ring (bicyclic) bond motifs is 1. The quantitative estimate of drug-likeness (QED) is 0.692. The summed E-state index contributed by atoms with van der Waals surface area (Å²) in [5.74, 6) is 0.146. The lowest BCUT2D eigenvalue weighted by atomic mass is 10.1. The minimum absolute atomic E-state index is 0.438. The van der Waals surface area contributed by atoms with E-state index in [1.807, 2.05) is 12.1 Å². The van der Waals surface area contributed by atoms with Crippen LogP contribution in [-0.2, 0) is 0 Å². The number of aromatic nitrogens is 2. The molecule has 0 fully saturated rings. The second-order valence-corrected chi connectivity index (χ2v) is 4.77. The van der Waals surface area contributed by atoms with E-state index in [0.717, 1.165) is 16.6 Å². The van der Waals surface area contributed by atoms with Crippen LogP contribution in [0.2, 0.25) is 5.02 Å². The molecule has 0 aliphatic heterocycles. The summed E-state index contributed by atoms with van der Waals surface area (Å²) in [6.07, 6.45) is 0. The SMILES string of the molecule is NC(=O)c1ccc2[nH]nc(Nc3cccc(Cl)c3)c2c1. The Morgan fingerprint density at radius 2 is 2.10 bits per heavy atom. The molecular formula is C14H11ClN4O. The van der Waals surface area contributed by atoms with Crippen molar-refractivity contribution < 1.29 is 4.79 Å². The summed E-state index contributed by atoms with van der Waals surface area (Å²) >= 11 is 5.94. The van der Waals surface area contributed by atoms with Crippen LogP contribution >= 0.6 is 11.6 Å². The molecule has 0 bridgehead atoms. The van der Waals surface area contributed by atoms with Crippen molar-refractivity contribution in [1.82, 2.24) is 10.2 Å². The minimum Gasteiger partial charge on any atom is -0.366 e. The topological polar surface area (TPSA) is 83.8 Å². The molecule has 0 aliphatic rings. The molecule has 0 spiro atoms. The molecule has 0 atom stereocenters. The number of nitrogens with zero attached hydrogens (tertiary/aromatic N) is 1. The molecule has 1 amide bonds. The van der Waals surface area contributed by atoms with Gasteiger partial charge >= 0.3 is 0 Å². The average molecular weight is 287 g/mol. The number of hydrogen-bond donors (Lipinski definition) is 3. The maximum atomic E-state index is 11.2. The summed E-state index contributed by atoms with van der Waals surface area (Å²) in [5, 5.41) is 11.7. The van der Waals surface area contributed by atoms with Crippen LogP contribution in [0, 0.1) is 0 Å². The standard InChI is InChI=1S/C14H11ClN4O/c15-9-2-1-3-10(7-9)17-14-11-6-8(13(16)20)4-5-12(11)18-19-14/h1-7H,(H2,16,20)(H2,17,18,19). The Morgan fingerprint density at radius 3 is 2.85 bits per heavy atom. The molecule has 2 aromatic carbocycles. The third kappa shape index (κ3) is 2.31. The highest BCUT2D eigenvalue weighted by Gasteiger charge is 2.09. The fraction of sp³-hybridized carbons (Fsp3) is 0. The third-order valence-corrected chi connectivity index (χ3v) is 3.17. The van der Waals surface area contributed by atoms with Crippen molar-refractivity contribution in [2.24, 2.45) is 5.73 Å². The summed E-state index contributed by atoms with van der Waals surface area (Å²) in [5.41, 5.74) is 7.36. The monoisotopic (exact) mass is 286 g/mol. The Kier molecular flexibility index (Phi) is 3.04. The highest BCUT2D eigenvalue weighted by molar-refractivity contribution is 6.30. The first-order valence-electron chi connectivity index (χ1n) is 5.94. The van der Waals surface area contributed by atoms with Crippen LogP contribution in [-0.4, -0.2) is 16.1 Å². The first-order chi connectivity index (χ1) is 9.63. The van der Waals surface area contributed by atoms with E-state index < -0.39 is 5.91 Å². The Morgan fingerprint density at radius 1 is 1.25 bits per heavy atom. The number of amides is 1. The number of primary amides is 1. The van der Waals surface area contributed by atoms with Gasteiger partial charge in [-0.3, -0.25) is 9.89 Å². The molecule has 20 heavy (non-hydrogen) atoms. The fourth-order valence-corrected chi connectivity index (χ4v) is 2.16. The van der Waals surface area contributed by atoms with Crippen LogP contribution in [0.4, 0.5) is 11.5 Å². The lowest BCUT2D eigenvalue weighted by Crippen LogP contribution is -2.10. The highest BCUT2D eigenvalue weighted by atomic mass is 35.5. The van der Waals surface area contributed by atoms with Crippen molar-refractivity contribution in [2.75, 3.05) is 5.32 Å². The smallest absolute Gasteiger partial charge is 0.248 e. The molecular weight excluding hydrogens is 276 g/mol. The number of rotatable bonds is 3. The van der Waals surface area contributed by atoms with Crippen molar-refractivity contribution in [1.29, 1.82) is 0 Å². The molecule has 0 radical (unpaired) electrons. The number of carbonyl (C=O) groups is 1. The molecule has 100 valence electrons. The highest BCUT2D eigenvalue weighted by Crippen LogP contribution is 2.26. The van der Waals surface area contributed by atoms with E-state index in [-0.39, 0.29) is 0 Å². The van der Waals surface area contributed by atoms with Crippen molar-refractivity contribution in [2.45, 2.75) is 0 Å². The van der Waals surface area contributed by atoms with Crippen molar-refractivity contribution in [3.05, 3.63) is 53.1 Å². The summed E-state index contributed by atoms with van der Waals surface area (Å²) in [7, 11) is 0. The van der Waals surface area contributed by atoms with E-state index in [4.69, 9.17) is 17.3 Å². The third-order valence-electron chi connectivity index (χ3n) is 2.93. The fourth-order valence-electron chi connectivity index (χ4n) is 1.97. The Labute approximate surface area is 119 Å². The van der Waals surface area contributed by atoms with Gasteiger partial charge in [0, 0.05) is 21.7 Å². The largest absolute Gasteiger partial charge is 0.366 e. The van der Waals surface area contributed by atoms with Gasteiger partial charge in [-0.1, -0.05) is 17.7 Å². The zero-order valence-corrected chi connectivity index (χ0v) is 11.1. The van der Waals surface area contributed by atoms with Crippen molar-refractivity contribution in [3.8, 4) is 0 Å². The number of H-pyrrole nitrogens is 1. The molecule has 0 saturated heterocycles. The van der Waals surface area contributed by atoms with Gasteiger partial charge in [-0.15, -0.1) is 0 Å². The van der Waals surface area contributed by atoms with Crippen molar-refractivity contribution >= 4 is 39.9 Å². The summed E-state index contributed by atoms with van der Waals surface area (Å²) in [6, 6.07) is 12.4. The van der Waals surface area contributed by atoms with Crippen LogP contribution in [0.1, 0.15) is 10.4 Å². The van der Waals surface area contributed by atoms with E-state index >= 15 is 0 Å². The van der Waals surface area contributed by atoms with Gasteiger partial charge in [0.05, 0.1) is 5.52 Å². The van der Waals surface area contributed by atoms with Crippen LogP contribution in [0.5, 0.6) is 0 Å². The van der Waals surface area contributed by atoms with Gasteiger partial charge in [0.1, 0.15) is 0 Å². The lowest BCUT2D eigenvalue weighted by Gasteiger charge is -2.04. The number of halogens is 1. The predicted octanol–water partition coefficient (Wildman–Crippen LogP) is 3.06. The molecule has 6 heteroatoms. The lowest BCUT2D eigenvalue weighted by molar-refractivity contribution is 0.100. The van der Waals surface area contributed by atoms with Gasteiger partial charge in [-0.2, -0.15) is 5.10 Å². The number of aromatic amines is 1. The average Bonchev–Trinajstić information content (AvgIpc) is 2.81. The van der Waals surface area contributed by atoms with Crippen LogP contribution in [0.3, 0.4) is 0 Å². The van der Waals surface area contributed by atoms with E-state index in [0.29, 0.717) is 16.4 Å². The normalized spacial score (nSPS) is 10.7. The number of nitrogens with one attached hydrogen (secondary N) is 2. The summed E-state index contributed by atoms with van der Waals surface area (Å²) < 4.78 is 0. The maximum Gasteiger partial charge on any atom is 0.248 e. The molecule has 4 N–H and O–H groups in total. The van der Waals surface area contributed by atoms with E-state index in [1.165, 1.54) is 0 Å². The van der Waals surface area contributed by atoms with Gasteiger partial charge in [-0.05, 0) is 36.4 Å². The van der Waals surface area contributed by atoms with Gasteiger partial charge < -0.3 is 11.1 Å². The molecule has 1 aromatic heterocycles. The zero-order valence-electron chi connectivity index (χ0n) is 10.4. The number of nitrogens with two attached hydrogens (primary N) is 1. The summed E-state index contributed by atoms with van der Waals surface area (Å²) in [4.78, 5) is 11.2. The van der Waals surface area contributed by atoms with E-state index in [1.54, 1.807) is 30.3 Å². The Hall–Kier alpha value is -2.53. The summed E-state index contributed by atoms with van der Waals surface area (Å²) in [6.45, 7) is 0. The molecule has 5 nitrogen and oxygen atoms in total. The van der Waals surface area contributed by atoms with Crippen molar-refractivity contribution in [3.63, 3.8) is 0 Å². The van der Waals surface area contributed by atoms with Gasteiger partial charge in [-0.25, -0.2) is 0 Å². The molecule has 0 aliphatic carbocycles. The molecule has 3 aromatic rings. The molecule has 0 saturated carbocycles. The van der Waals surface area contributed by atoms with E-state index in [2.05, 4.69) is 15.5 Å². The Balaban J connectivity index is 2.03. The molecule has 3 rings (SSSR count). The van der Waals surface area contributed by atoms with Gasteiger partial charge in [0.2, 0.25) is 5.91 Å². The maximum absolute atomic E-state index is 11.2. The number of carbonyl (C=O) groups excluding carboxylic acids is 1. The van der Waals surface area contributed by atoms with Crippen LogP contribution in [0.15, 0.2) is 42.5 Å².